The molecule has 92 valence electrons. The Kier molecular flexibility index (Phi) is 5.18. The van der Waals surface area contributed by atoms with Crippen LogP contribution in [0.2, 0.25) is 0 Å². The van der Waals surface area contributed by atoms with Gasteiger partial charge in [-0.2, -0.15) is 5.26 Å². The highest BCUT2D eigenvalue weighted by Gasteiger charge is 2.06. The number of unbranched alkanes of at least 4 members (excludes halogenated alkanes) is 1. The first-order valence-corrected chi connectivity index (χ1v) is 6.17. The molecule has 0 aliphatic rings. The van der Waals surface area contributed by atoms with Gasteiger partial charge in [-0.1, -0.05) is 17.7 Å². The van der Waals surface area contributed by atoms with E-state index in [1.165, 1.54) is 22.3 Å². The van der Waals surface area contributed by atoms with Crippen LogP contribution < -0.4 is 0 Å². The van der Waals surface area contributed by atoms with E-state index < -0.39 is 0 Å². The lowest BCUT2D eigenvalue weighted by molar-refractivity contribution is 0.322. The second-order valence-electron chi connectivity index (χ2n) is 4.88. The van der Waals surface area contributed by atoms with Crippen LogP contribution in [0.1, 0.15) is 35.1 Å². The monoisotopic (exact) mass is 230 g/mol. The molecule has 0 radical (unpaired) electrons. The van der Waals surface area contributed by atoms with Gasteiger partial charge in [0.2, 0.25) is 0 Å². The minimum absolute atomic E-state index is 0.649. The molecule has 0 saturated carbocycles. The fourth-order valence-corrected chi connectivity index (χ4v) is 2.24. The van der Waals surface area contributed by atoms with Crippen molar-refractivity contribution in [2.24, 2.45) is 0 Å². The van der Waals surface area contributed by atoms with Gasteiger partial charge in [-0.25, -0.2) is 0 Å². The zero-order valence-electron chi connectivity index (χ0n) is 11.4. The third kappa shape index (κ3) is 4.20. The first-order valence-electron chi connectivity index (χ1n) is 6.17. The van der Waals surface area contributed by atoms with E-state index in [2.05, 4.69) is 50.9 Å². The fraction of sp³-hybridized carbons (Fsp3) is 0.533. The van der Waals surface area contributed by atoms with Gasteiger partial charge in [-0.05, 0) is 57.5 Å². The third-order valence-electron chi connectivity index (χ3n) is 3.10. The van der Waals surface area contributed by atoms with Crippen LogP contribution in [0.5, 0.6) is 0 Å². The van der Waals surface area contributed by atoms with Gasteiger partial charge in [0, 0.05) is 13.0 Å². The molecule has 2 heteroatoms. The minimum atomic E-state index is 0.649. The third-order valence-corrected chi connectivity index (χ3v) is 3.10. The summed E-state index contributed by atoms with van der Waals surface area (Å²) in [5.74, 6) is 0. The fourth-order valence-electron chi connectivity index (χ4n) is 2.24. The van der Waals surface area contributed by atoms with Crippen molar-refractivity contribution in [1.29, 1.82) is 5.26 Å². The normalized spacial score (nSPS) is 10.6. The maximum absolute atomic E-state index is 8.52. The average molecular weight is 230 g/mol. The van der Waals surface area contributed by atoms with Gasteiger partial charge in [0.05, 0.1) is 6.07 Å². The standard InChI is InChI=1S/C15H22N2/c1-12-9-13(2)15(14(3)10-12)11-17(4)8-6-5-7-16/h9-10H,5-6,8,11H2,1-4H3. The van der Waals surface area contributed by atoms with Crippen LogP contribution in [0.25, 0.3) is 0 Å². The molecule has 0 unspecified atom stereocenters. The van der Waals surface area contributed by atoms with Crippen LogP contribution >= 0.6 is 0 Å². The molecule has 0 bridgehead atoms. The average Bonchev–Trinajstić information content (AvgIpc) is 2.24. The molecule has 0 heterocycles. The molecule has 0 amide bonds. The maximum atomic E-state index is 8.52. The van der Waals surface area contributed by atoms with Gasteiger partial charge < -0.3 is 4.90 Å². The summed E-state index contributed by atoms with van der Waals surface area (Å²) >= 11 is 0. The molecule has 0 fully saturated rings. The number of benzene rings is 1. The van der Waals surface area contributed by atoms with Crippen LogP contribution in [0, 0.1) is 32.1 Å². The highest BCUT2D eigenvalue weighted by atomic mass is 15.1. The quantitative estimate of drug-likeness (QED) is 0.725. The zero-order chi connectivity index (χ0) is 12.8. The summed E-state index contributed by atoms with van der Waals surface area (Å²) in [7, 11) is 2.12. The van der Waals surface area contributed by atoms with E-state index in [9.17, 15) is 0 Å². The first kappa shape index (κ1) is 13.7. The zero-order valence-corrected chi connectivity index (χ0v) is 11.4. The van der Waals surface area contributed by atoms with Gasteiger partial charge >= 0.3 is 0 Å². The number of hydrogen-bond donors (Lipinski definition) is 0. The molecule has 0 aliphatic carbocycles. The van der Waals surface area contributed by atoms with E-state index in [0.29, 0.717) is 6.42 Å². The molecule has 0 saturated heterocycles. The summed E-state index contributed by atoms with van der Waals surface area (Å²) in [6.45, 7) is 8.46. The second kappa shape index (κ2) is 6.42. The van der Waals surface area contributed by atoms with Crippen LogP contribution in [0.4, 0.5) is 0 Å². The van der Waals surface area contributed by atoms with E-state index in [1.54, 1.807) is 0 Å². The predicted octanol–water partition coefficient (Wildman–Crippen LogP) is 3.35. The summed E-state index contributed by atoms with van der Waals surface area (Å²) < 4.78 is 0. The lowest BCUT2D eigenvalue weighted by Crippen LogP contribution is -2.20. The van der Waals surface area contributed by atoms with E-state index in [-0.39, 0.29) is 0 Å². The summed E-state index contributed by atoms with van der Waals surface area (Å²) in [4.78, 5) is 2.29. The van der Waals surface area contributed by atoms with Gasteiger partial charge in [0.15, 0.2) is 0 Å². The van der Waals surface area contributed by atoms with Crippen molar-refractivity contribution in [2.75, 3.05) is 13.6 Å². The van der Waals surface area contributed by atoms with Crippen molar-refractivity contribution in [3.63, 3.8) is 0 Å². The van der Waals surface area contributed by atoms with Gasteiger partial charge in [-0.15, -0.1) is 0 Å². The van der Waals surface area contributed by atoms with Crippen molar-refractivity contribution in [2.45, 2.75) is 40.2 Å². The molecule has 1 rings (SSSR count). The molecular weight excluding hydrogens is 208 g/mol. The number of nitriles is 1. The van der Waals surface area contributed by atoms with Crippen molar-refractivity contribution >= 4 is 0 Å². The molecule has 0 N–H and O–H groups in total. The van der Waals surface area contributed by atoms with E-state index in [0.717, 1.165) is 19.5 Å². The molecule has 0 aliphatic heterocycles. The molecule has 1 aromatic rings. The van der Waals surface area contributed by atoms with Crippen molar-refractivity contribution < 1.29 is 0 Å². The van der Waals surface area contributed by atoms with E-state index in [4.69, 9.17) is 5.26 Å². The van der Waals surface area contributed by atoms with Crippen LogP contribution in [-0.4, -0.2) is 18.5 Å². The Hall–Kier alpha value is -1.33. The molecule has 2 nitrogen and oxygen atoms in total. The highest BCUT2D eigenvalue weighted by molar-refractivity contribution is 5.37. The largest absolute Gasteiger partial charge is 0.302 e. The van der Waals surface area contributed by atoms with Gasteiger partial charge in [0.25, 0.3) is 0 Å². The number of rotatable bonds is 5. The Labute approximate surface area is 105 Å². The summed E-state index contributed by atoms with van der Waals surface area (Å²) in [5, 5.41) is 8.52. The Morgan fingerprint density at radius 3 is 2.29 bits per heavy atom. The Morgan fingerprint density at radius 2 is 1.76 bits per heavy atom. The Bertz CT molecular complexity index is 392. The lowest BCUT2D eigenvalue weighted by Gasteiger charge is -2.19. The van der Waals surface area contributed by atoms with E-state index >= 15 is 0 Å². The van der Waals surface area contributed by atoms with Crippen molar-refractivity contribution in [3.8, 4) is 6.07 Å². The van der Waals surface area contributed by atoms with Gasteiger partial charge in [-0.3, -0.25) is 0 Å². The first-order chi connectivity index (χ1) is 8.04. The maximum Gasteiger partial charge on any atom is 0.0622 e. The summed E-state index contributed by atoms with van der Waals surface area (Å²) in [6, 6.07) is 6.67. The topological polar surface area (TPSA) is 27.0 Å². The minimum Gasteiger partial charge on any atom is -0.302 e. The molecule has 17 heavy (non-hydrogen) atoms. The second-order valence-corrected chi connectivity index (χ2v) is 4.88. The lowest BCUT2D eigenvalue weighted by atomic mass is 9.99. The van der Waals surface area contributed by atoms with E-state index in [1.807, 2.05) is 0 Å². The summed E-state index contributed by atoms with van der Waals surface area (Å²) in [5.41, 5.74) is 5.50. The number of hydrogen-bond acceptors (Lipinski definition) is 2. The Morgan fingerprint density at radius 1 is 1.18 bits per heavy atom. The van der Waals surface area contributed by atoms with Crippen molar-refractivity contribution in [1.82, 2.24) is 4.90 Å². The molecular formula is C15H22N2. The Balaban J connectivity index is 2.65. The SMILES string of the molecule is Cc1cc(C)c(CN(C)CCCC#N)c(C)c1. The molecule has 0 atom stereocenters. The van der Waals surface area contributed by atoms with Crippen LogP contribution in [0.15, 0.2) is 12.1 Å². The summed E-state index contributed by atoms with van der Waals surface area (Å²) in [6.07, 6.45) is 1.60. The predicted molar refractivity (Wildman–Crippen MR) is 71.8 cm³/mol. The number of aryl methyl sites for hydroxylation is 3. The van der Waals surface area contributed by atoms with Gasteiger partial charge in [0.1, 0.15) is 0 Å². The molecule has 0 aromatic heterocycles. The van der Waals surface area contributed by atoms with Crippen LogP contribution in [-0.2, 0) is 6.54 Å². The number of nitrogens with zero attached hydrogens (tertiary/aromatic N) is 2. The highest BCUT2D eigenvalue weighted by Crippen LogP contribution is 2.18. The molecule has 0 spiro atoms. The smallest absolute Gasteiger partial charge is 0.0622 e. The van der Waals surface area contributed by atoms with Crippen molar-refractivity contribution in [3.05, 3.63) is 34.4 Å². The molecule has 1 aromatic carbocycles. The van der Waals surface area contributed by atoms with Crippen LogP contribution in [0.3, 0.4) is 0 Å².